The molecule has 124 valence electrons. The maximum absolute atomic E-state index is 14.7. The van der Waals surface area contributed by atoms with Crippen molar-refractivity contribution in [2.24, 2.45) is 17.3 Å². The van der Waals surface area contributed by atoms with Crippen LogP contribution in [-0.2, 0) is 0 Å². The molecule has 2 fully saturated rings. The van der Waals surface area contributed by atoms with Crippen molar-refractivity contribution in [2.75, 3.05) is 33.2 Å². The summed E-state index contributed by atoms with van der Waals surface area (Å²) >= 11 is 0. The van der Waals surface area contributed by atoms with Gasteiger partial charge < -0.3 is 4.90 Å². The minimum absolute atomic E-state index is 0.0865. The van der Waals surface area contributed by atoms with E-state index in [0.717, 1.165) is 13.0 Å². The molecule has 2 saturated heterocycles. The fourth-order valence-corrected chi connectivity index (χ4v) is 4.38. The summed E-state index contributed by atoms with van der Waals surface area (Å²) in [7, 11) is 2.20. The van der Waals surface area contributed by atoms with Crippen LogP contribution in [0.15, 0.2) is 0 Å². The number of halogens is 1. The molecule has 2 heterocycles. The van der Waals surface area contributed by atoms with Crippen molar-refractivity contribution in [3.05, 3.63) is 0 Å². The van der Waals surface area contributed by atoms with Crippen LogP contribution < -0.4 is 0 Å². The van der Waals surface area contributed by atoms with Gasteiger partial charge in [-0.25, -0.2) is 4.39 Å². The lowest BCUT2D eigenvalue weighted by Crippen LogP contribution is -2.58. The Morgan fingerprint density at radius 2 is 1.48 bits per heavy atom. The summed E-state index contributed by atoms with van der Waals surface area (Å²) in [5.41, 5.74) is 0.220. The Labute approximate surface area is 131 Å². The minimum Gasteiger partial charge on any atom is -0.306 e. The summed E-state index contributed by atoms with van der Waals surface area (Å²) in [4.78, 5) is 4.85. The maximum atomic E-state index is 14.7. The van der Waals surface area contributed by atoms with Gasteiger partial charge in [0.25, 0.3) is 0 Å². The van der Waals surface area contributed by atoms with Crippen LogP contribution in [0.2, 0.25) is 0 Å². The second kappa shape index (κ2) is 6.16. The van der Waals surface area contributed by atoms with E-state index in [0.29, 0.717) is 12.5 Å². The molecule has 0 aromatic rings. The Morgan fingerprint density at radius 3 is 1.95 bits per heavy atom. The zero-order chi connectivity index (χ0) is 15.8. The van der Waals surface area contributed by atoms with Crippen LogP contribution in [-0.4, -0.2) is 54.7 Å². The molecule has 21 heavy (non-hydrogen) atoms. The van der Waals surface area contributed by atoms with Gasteiger partial charge in [0.2, 0.25) is 0 Å². The first-order valence-corrected chi connectivity index (χ1v) is 8.70. The van der Waals surface area contributed by atoms with Crippen LogP contribution in [0.1, 0.15) is 53.9 Å². The van der Waals surface area contributed by atoms with Crippen molar-refractivity contribution in [2.45, 2.75) is 65.6 Å². The van der Waals surface area contributed by atoms with Crippen LogP contribution in [0.4, 0.5) is 4.39 Å². The minimum atomic E-state index is -0.677. The third-order valence-electron chi connectivity index (χ3n) is 6.19. The van der Waals surface area contributed by atoms with Crippen LogP contribution in [0.3, 0.4) is 0 Å². The predicted molar refractivity (Wildman–Crippen MR) is 88.3 cm³/mol. The van der Waals surface area contributed by atoms with Crippen LogP contribution in [0.25, 0.3) is 0 Å². The van der Waals surface area contributed by atoms with E-state index < -0.39 is 6.17 Å². The van der Waals surface area contributed by atoms with Gasteiger partial charge in [-0.1, -0.05) is 20.8 Å². The van der Waals surface area contributed by atoms with E-state index in [1.807, 2.05) is 0 Å². The molecule has 0 saturated carbocycles. The van der Waals surface area contributed by atoms with Gasteiger partial charge in [0.15, 0.2) is 0 Å². The summed E-state index contributed by atoms with van der Waals surface area (Å²) in [6.45, 7) is 15.3. The van der Waals surface area contributed by atoms with Crippen molar-refractivity contribution in [1.29, 1.82) is 0 Å². The van der Waals surface area contributed by atoms with E-state index in [4.69, 9.17) is 0 Å². The van der Waals surface area contributed by atoms with Crippen molar-refractivity contribution < 1.29 is 4.39 Å². The largest absolute Gasteiger partial charge is 0.306 e. The van der Waals surface area contributed by atoms with E-state index in [1.165, 1.54) is 25.9 Å². The van der Waals surface area contributed by atoms with E-state index >= 15 is 0 Å². The molecule has 2 unspecified atom stereocenters. The normalized spacial score (nSPS) is 31.6. The third kappa shape index (κ3) is 3.79. The molecule has 0 aliphatic carbocycles. The first kappa shape index (κ1) is 17.2. The van der Waals surface area contributed by atoms with Gasteiger partial charge in [0.05, 0.1) is 0 Å². The lowest BCUT2D eigenvalue weighted by Gasteiger charge is -2.51. The van der Waals surface area contributed by atoms with Crippen LogP contribution >= 0.6 is 0 Å². The number of nitrogens with zero attached hydrogens (tertiary/aromatic N) is 2. The molecule has 0 spiro atoms. The molecule has 2 nitrogen and oxygen atoms in total. The standard InChI is InChI=1S/C18H35FN2/c1-17(2,3)15-9-12-21(13-16(15)19)18(4,5)14-7-10-20(6)11-8-14/h14-16H,7-13H2,1-6H3. The zero-order valence-electron chi connectivity index (χ0n) is 15.0. The van der Waals surface area contributed by atoms with Gasteiger partial charge >= 0.3 is 0 Å². The van der Waals surface area contributed by atoms with Gasteiger partial charge in [-0.05, 0) is 77.0 Å². The van der Waals surface area contributed by atoms with Gasteiger partial charge in [-0.15, -0.1) is 0 Å². The summed E-state index contributed by atoms with van der Waals surface area (Å²) < 4.78 is 14.7. The number of hydrogen-bond acceptors (Lipinski definition) is 2. The Morgan fingerprint density at radius 1 is 0.905 bits per heavy atom. The molecule has 0 radical (unpaired) electrons. The molecule has 0 aromatic heterocycles. The smallest absolute Gasteiger partial charge is 0.116 e. The predicted octanol–water partition coefficient (Wildman–Crippen LogP) is 3.81. The SMILES string of the molecule is CN1CCC(C(C)(C)N2CCC(C(C)(C)C)C(F)C2)CC1. The van der Waals surface area contributed by atoms with Gasteiger partial charge in [-0.3, -0.25) is 4.90 Å². The summed E-state index contributed by atoms with van der Waals surface area (Å²) in [6, 6.07) is 0. The van der Waals surface area contributed by atoms with Crippen LogP contribution in [0, 0.1) is 17.3 Å². The second-order valence-corrected chi connectivity index (χ2v) is 8.95. The number of likely N-dealkylation sites (tertiary alicyclic amines) is 2. The fraction of sp³-hybridized carbons (Fsp3) is 1.00. The molecule has 2 atom stereocenters. The quantitative estimate of drug-likeness (QED) is 0.765. The summed E-state index contributed by atoms with van der Waals surface area (Å²) in [5.74, 6) is 0.911. The topological polar surface area (TPSA) is 6.48 Å². The van der Waals surface area contributed by atoms with E-state index in [2.05, 4.69) is 51.5 Å². The Balaban J connectivity index is 1.99. The Kier molecular flexibility index (Phi) is 5.04. The fourth-order valence-electron chi connectivity index (χ4n) is 4.38. The molecule has 2 aliphatic rings. The molecule has 3 heteroatoms. The van der Waals surface area contributed by atoms with Crippen molar-refractivity contribution >= 4 is 0 Å². The van der Waals surface area contributed by atoms with E-state index in [1.54, 1.807) is 0 Å². The average molecular weight is 298 g/mol. The van der Waals surface area contributed by atoms with Gasteiger partial charge in [0, 0.05) is 12.1 Å². The lowest BCUT2D eigenvalue weighted by molar-refractivity contribution is -0.0448. The van der Waals surface area contributed by atoms with E-state index in [-0.39, 0.29) is 16.9 Å². The molecule has 0 aromatic carbocycles. The first-order valence-electron chi connectivity index (χ1n) is 8.70. The highest BCUT2D eigenvalue weighted by atomic mass is 19.1. The molecule has 2 rings (SSSR count). The average Bonchev–Trinajstić information content (AvgIpc) is 2.37. The van der Waals surface area contributed by atoms with Crippen molar-refractivity contribution in [3.63, 3.8) is 0 Å². The molecule has 2 aliphatic heterocycles. The number of hydrogen-bond donors (Lipinski definition) is 0. The third-order valence-corrected chi connectivity index (χ3v) is 6.19. The van der Waals surface area contributed by atoms with Crippen molar-refractivity contribution in [1.82, 2.24) is 9.80 Å². The molecular weight excluding hydrogens is 263 g/mol. The van der Waals surface area contributed by atoms with Crippen LogP contribution in [0.5, 0.6) is 0 Å². The van der Waals surface area contributed by atoms with Gasteiger partial charge in [0.1, 0.15) is 6.17 Å². The summed E-state index contributed by atoms with van der Waals surface area (Å²) in [6.07, 6.45) is 2.82. The Bertz CT molecular complexity index is 340. The number of piperidine rings is 2. The summed E-state index contributed by atoms with van der Waals surface area (Å²) in [5, 5.41) is 0. The molecule has 0 bridgehead atoms. The second-order valence-electron chi connectivity index (χ2n) is 8.95. The first-order chi connectivity index (χ1) is 9.62. The molecular formula is C18H35FN2. The van der Waals surface area contributed by atoms with Crippen molar-refractivity contribution in [3.8, 4) is 0 Å². The number of alkyl halides is 1. The molecule has 0 N–H and O–H groups in total. The van der Waals surface area contributed by atoms with E-state index in [9.17, 15) is 4.39 Å². The molecule has 0 amide bonds. The highest BCUT2D eigenvalue weighted by molar-refractivity contribution is 4.96. The Hall–Kier alpha value is -0.150. The monoisotopic (exact) mass is 298 g/mol. The number of rotatable bonds is 2. The highest BCUT2D eigenvalue weighted by Gasteiger charge is 2.43. The zero-order valence-corrected chi connectivity index (χ0v) is 15.0. The lowest BCUT2D eigenvalue weighted by atomic mass is 9.72. The maximum Gasteiger partial charge on any atom is 0.116 e. The highest BCUT2D eigenvalue weighted by Crippen LogP contribution is 2.40. The van der Waals surface area contributed by atoms with Gasteiger partial charge in [-0.2, -0.15) is 0 Å².